The Hall–Kier alpha value is -1.40. The summed E-state index contributed by atoms with van der Waals surface area (Å²) in [5.74, 6) is 1.21. The Morgan fingerprint density at radius 2 is 2.04 bits per heavy atom. The second kappa shape index (κ2) is 6.48. The van der Waals surface area contributed by atoms with Crippen LogP contribution in [-0.4, -0.2) is 16.8 Å². The van der Waals surface area contributed by atoms with Gasteiger partial charge in [0.1, 0.15) is 5.82 Å². The number of anilines is 1. The molecule has 0 bridgehead atoms. The fourth-order valence-corrected chi connectivity index (χ4v) is 5.05. The molecule has 2 heterocycles. The van der Waals surface area contributed by atoms with Crippen LogP contribution in [0.1, 0.15) is 25.7 Å². The molecule has 1 aromatic heterocycles. The van der Waals surface area contributed by atoms with Gasteiger partial charge in [0.05, 0.1) is 16.5 Å². The Kier molecular flexibility index (Phi) is 4.35. The SMILES string of the molecule is O=C(C1CCCC1)N1CSc2cc(Br)c(-c3ccccc3F)nc21. The normalized spacial score (nSPS) is 17.3. The summed E-state index contributed by atoms with van der Waals surface area (Å²) in [4.78, 5) is 20.2. The van der Waals surface area contributed by atoms with Gasteiger partial charge in [-0.2, -0.15) is 0 Å². The van der Waals surface area contributed by atoms with Crippen molar-refractivity contribution in [1.82, 2.24) is 4.98 Å². The molecule has 1 aliphatic carbocycles. The van der Waals surface area contributed by atoms with E-state index in [0.717, 1.165) is 35.1 Å². The summed E-state index contributed by atoms with van der Waals surface area (Å²) >= 11 is 5.10. The molecule has 2 aliphatic rings. The fraction of sp³-hybridized carbons (Fsp3) is 0.333. The summed E-state index contributed by atoms with van der Waals surface area (Å²) in [6, 6.07) is 8.52. The Balaban J connectivity index is 1.74. The maximum absolute atomic E-state index is 14.2. The third-order valence-corrected chi connectivity index (χ3v) is 6.23. The lowest BCUT2D eigenvalue weighted by Crippen LogP contribution is -2.33. The van der Waals surface area contributed by atoms with Gasteiger partial charge in [0, 0.05) is 16.0 Å². The van der Waals surface area contributed by atoms with E-state index in [-0.39, 0.29) is 17.6 Å². The largest absolute Gasteiger partial charge is 0.285 e. The summed E-state index contributed by atoms with van der Waals surface area (Å²) in [6.07, 6.45) is 4.18. The summed E-state index contributed by atoms with van der Waals surface area (Å²) in [5.41, 5.74) is 0.982. The molecule has 0 atom stereocenters. The van der Waals surface area contributed by atoms with Crippen LogP contribution in [0.15, 0.2) is 39.7 Å². The van der Waals surface area contributed by atoms with E-state index in [9.17, 15) is 9.18 Å². The van der Waals surface area contributed by atoms with Crippen molar-refractivity contribution in [1.29, 1.82) is 0 Å². The molecule has 1 saturated carbocycles. The Bertz CT molecular complexity index is 808. The minimum Gasteiger partial charge on any atom is -0.285 e. The van der Waals surface area contributed by atoms with Gasteiger partial charge in [-0.25, -0.2) is 9.37 Å². The molecule has 0 N–H and O–H groups in total. The highest BCUT2D eigenvalue weighted by atomic mass is 79.9. The smallest absolute Gasteiger partial charge is 0.232 e. The zero-order valence-electron chi connectivity index (χ0n) is 13.0. The van der Waals surface area contributed by atoms with Crippen LogP contribution in [-0.2, 0) is 4.79 Å². The highest BCUT2D eigenvalue weighted by Crippen LogP contribution is 2.43. The lowest BCUT2D eigenvalue weighted by atomic mass is 10.1. The zero-order chi connectivity index (χ0) is 16.7. The molecule has 0 radical (unpaired) electrons. The van der Waals surface area contributed by atoms with Gasteiger partial charge in [-0.05, 0) is 47.0 Å². The molecule has 1 aliphatic heterocycles. The Labute approximate surface area is 152 Å². The number of halogens is 2. The summed E-state index contributed by atoms with van der Waals surface area (Å²) in [5, 5.41) is 0. The molecule has 124 valence electrons. The lowest BCUT2D eigenvalue weighted by Gasteiger charge is -2.20. The van der Waals surface area contributed by atoms with Crippen LogP contribution in [0.5, 0.6) is 0 Å². The van der Waals surface area contributed by atoms with Crippen LogP contribution in [0, 0.1) is 11.7 Å². The first-order valence-corrected chi connectivity index (χ1v) is 9.82. The topological polar surface area (TPSA) is 33.2 Å². The number of hydrogen-bond donors (Lipinski definition) is 0. The van der Waals surface area contributed by atoms with Crippen molar-refractivity contribution in [3.05, 3.63) is 40.6 Å². The van der Waals surface area contributed by atoms with Gasteiger partial charge in [-0.1, -0.05) is 25.0 Å². The van der Waals surface area contributed by atoms with Gasteiger partial charge in [0.2, 0.25) is 5.91 Å². The second-order valence-electron chi connectivity index (χ2n) is 6.14. The van der Waals surface area contributed by atoms with Crippen LogP contribution in [0.4, 0.5) is 10.2 Å². The number of carbonyl (C=O) groups is 1. The first kappa shape index (κ1) is 16.1. The van der Waals surface area contributed by atoms with Crippen LogP contribution < -0.4 is 4.90 Å². The highest BCUT2D eigenvalue weighted by Gasteiger charge is 2.34. The maximum Gasteiger partial charge on any atom is 0.232 e. The third kappa shape index (κ3) is 2.75. The first-order valence-electron chi connectivity index (χ1n) is 8.05. The number of nitrogens with zero attached hydrogens (tertiary/aromatic N) is 2. The van der Waals surface area contributed by atoms with E-state index >= 15 is 0 Å². The van der Waals surface area contributed by atoms with E-state index in [1.165, 1.54) is 6.07 Å². The van der Waals surface area contributed by atoms with Gasteiger partial charge in [0.15, 0.2) is 5.82 Å². The van der Waals surface area contributed by atoms with Gasteiger partial charge < -0.3 is 0 Å². The van der Waals surface area contributed by atoms with Crippen molar-refractivity contribution in [3.8, 4) is 11.3 Å². The molecular weight excluding hydrogens is 391 g/mol. The van der Waals surface area contributed by atoms with Crippen molar-refractivity contribution < 1.29 is 9.18 Å². The average Bonchev–Trinajstić information content (AvgIpc) is 3.23. The standard InChI is InChI=1S/C18H16BrFN2OS/c19-13-9-15-17(21-16(13)12-7-3-4-8-14(12)20)22(10-24-15)18(23)11-5-1-2-6-11/h3-4,7-9,11H,1-2,5-6,10H2. The van der Waals surface area contributed by atoms with Gasteiger partial charge in [0.25, 0.3) is 0 Å². The molecule has 0 unspecified atom stereocenters. The predicted molar refractivity (Wildman–Crippen MR) is 97.5 cm³/mol. The molecule has 4 rings (SSSR count). The molecule has 1 amide bonds. The first-order chi connectivity index (χ1) is 11.6. The number of fused-ring (bicyclic) bond motifs is 1. The summed E-state index contributed by atoms with van der Waals surface area (Å²) in [7, 11) is 0. The molecule has 2 aromatic rings. The number of pyridine rings is 1. The molecule has 6 heteroatoms. The van der Waals surface area contributed by atoms with Gasteiger partial charge >= 0.3 is 0 Å². The summed E-state index contributed by atoms with van der Waals surface area (Å²) < 4.78 is 14.9. The Morgan fingerprint density at radius 3 is 2.79 bits per heavy atom. The van der Waals surface area contributed by atoms with Crippen LogP contribution in [0.25, 0.3) is 11.3 Å². The van der Waals surface area contributed by atoms with E-state index < -0.39 is 0 Å². The number of rotatable bonds is 2. The lowest BCUT2D eigenvalue weighted by molar-refractivity contribution is -0.122. The van der Waals surface area contributed by atoms with Crippen molar-refractivity contribution in [2.75, 3.05) is 10.8 Å². The highest BCUT2D eigenvalue weighted by molar-refractivity contribution is 9.10. The number of thioether (sulfide) groups is 1. The third-order valence-electron chi connectivity index (χ3n) is 4.63. The number of aromatic nitrogens is 1. The van der Waals surface area contributed by atoms with E-state index in [4.69, 9.17) is 0 Å². The van der Waals surface area contributed by atoms with Crippen molar-refractivity contribution >= 4 is 39.4 Å². The maximum atomic E-state index is 14.2. The van der Waals surface area contributed by atoms with E-state index in [1.54, 1.807) is 34.9 Å². The quantitative estimate of drug-likeness (QED) is 0.683. The minimum atomic E-state index is -0.315. The number of carbonyl (C=O) groups excluding carboxylic acids is 1. The monoisotopic (exact) mass is 406 g/mol. The van der Waals surface area contributed by atoms with Crippen molar-refractivity contribution in [2.24, 2.45) is 5.92 Å². The van der Waals surface area contributed by atoms with E-state index in [0.29, 0.717) is 23.0 Å². The molecule has 3 nitrogen and oxygen atoms in total. The molecule has 0 saturated heterocycles. The Morgan fingerprint density at radius 1 is 1.29 bits per heavy atom. The summed E-state index contributed by atoms with van der Waals surface area (Å²) in [6.45, 7) is 0. The predicted octanol–water partition coefficient (Wildman–Crippen LogP) is 5.24. The zero-order valence-corrected chi connectivity index (χ0v) is 15.4. The fourth-order valence-electron chi connectivity index (χ4n) is 3.36. The van der Waals surface area contributed by atoms with E-state index in [2.05, 4.69) is 20.9 Å². The van der Waals surface area contributed by atoms with Gasteiger partial charge in [-0.15, -0.1) is 11.8 Å². The average molecular weight is 407 g/mol. The van der Waals surface area contributed by atoms with Crippen molar-refractivity contribution in [3.63, 3.8) is 0 Å². The van der Waals surface area contributed by atoms with Crippen LogP contribution in [0.2, 0.25) is 0 Å². The number of amides is 1. The van der Waals surface area contributed by atoms with E-state index in [1.807, 2.05) is 6.07 Å². The molecule has 24 heavy (non-hydrogen) atoms. The molecule has 1 aromatic carbocycles. The molecular formula is C18H16BrFN2OS. The van der Waals surface area contributed by atoms with Crippen LogP contribution >= 0.6 is 27.7 Å². The molecule has 0 spiro atoms. The molecule has 1 fully saturated rings. The van der Waals surface area contributed by atoms with Gasteiger partial charge in [-0.3, -0.25) is 9.69 Å². The minimum absolute atomic E-state index is 0.110. The van der Waals surface area contributed by atoms with Crippen molar-refractivity contribution in [2.45, 2.75) is 30.6 Å². The number of hydrogen-bond acceptors (Lipinski definition) is 3. The second-order valence-corrected chi connectivity index (χ2v) is 7.98. The van der Waals surface area contributed by atoms with Crippen LogP contribution in [0.3, 0.4) is 0 Å². The number of benzene rings is 1.